The molecule has 0 bridgehead atoms. The fourth-order valence-corrected chi connectivity index (χ4v) is 3.27. The number of thiophene rings is 1. The van der Waals surface area contributed by atoms with E-state index in [1.807, 2.05) is 29.6 Å². The van der Waals surface area contributed by atoms with Gasteiger partial charge in [-0.3, -0.25) is 4.79 Å². The lowest BCUT2D eigenvalue weighted by atomic mass is 9.97. The average Bonchev–Trinajstić information content (AvgIpc) is 3.04. The number of fused-ring (bicyclic) bond motifs is 1. The number of nitrogens with one attached hydrogen (secondary N) is 1. The first kappa shape index (κ1) is 14.1. The first-order chi connectivity index (χ1) is 10.3. The summed E-state index contributed by atoms with van der Waals surface area (Å²) in [5.74, 6) is 1.48. The van der Waals surface area contributed by atoms with Gasteiger partial charge in [-0.05, 0) is 35.9 Å². The van der Waals surface area contributed by atoms with Crippen LogP contribution >= 0.6 is 11.3 Å². The zero-order valence-electron chi connectivity index (χ0n) is 11.9. The van der Waals surface area contributed by atoms with Crippen molar-refractivity contribution < 1.29 is 9.53 Å². The van der Waals surface area contributed by atoms with Crippen LogP contribution in [-0.4, -0.2) is 19.1 Å². The quantitative estimate of drug-likeness (QED) is 0.922. The highest BCUT2D eigenvalue weighted by atomic mass is 32.1. The van der Waals surface area contributed by atoms with E-state index in [9.17, 15) is 4.79 Å². The first-order valence-corrected chi connectivity index (χ1v) is 8.19. The number of amides is 1. The maximum atomic E-state index is 11.9. The standard InChI is InChI=1S/C17H19NO2S/c19-17(8-7-15-5-3-9-21-15)18-11-13-10-14-4-1-2-6-16(14)20-12-13/h1-6,9,13H,7-8,10-12H2,(H,18,19). The van der Waals surface area contributed by atoms with Crippen LogP contribution in [-0.2, 0) is 17.6 Å². The van der Waals surface area contributed by atoms with Crippen LogP contribution in [0.15, 0.2) is 41.8 Å². The zero-order valence-corrected chi connectivity index (χ0v) is 12.7. The van der Waals surface area contributed by atoms with Crippen molar-refractivity contribution in [2.24, 2.45) is 5.92 Å². The highest BCUT2D eigenvalue weighted by molar-refractivity contribution is 7.09. The molecule has 3 rings (SSSR count). The molecule has 3 nitrogen and oxygen atoms in total. The van der Waals surface area contributed by atoms with Gasteiger partial charge in [0.1, 0.15) is 5.75 Å². The second-order valence-electron chi connectivity index (χ2n) is 5.37. The van der Waals surface area contributed by atoms with E-state index in [1.54, 1.807) is 11.3 Å². The van der Waals surface area contributed by atoms with E-state index >= 15 is 0 Å². The fraction of sp³-hybridized carbons (Fsp3) is 0.353. The van der Waals surface area contributed by atoms with E-state index < -0.39 is 0 Å². The molecule has 1 atom stereocenters. The molecule has 1 aliphatic heterocycles. The smallest absolute Gasteiger partial charge is 0.220 e. The SMILES string of the molecule is O=C(CCc1cccs1)NCC1COc2ccccc2C1. The van der Waals surface area contributed by atoms with Crippen molar-refractivity contribution in [1.82, 2.24) is 5.32 Å². The van der Waals surface area contributed by atoms with E-state index in [2.05, 4.69) is 17.4 Å². The molecule has 0 aliphatic carbocycles. The van der Waals surface area contributed by atoms with Crippen molar-refractivity contribution in [3.63, 3.8) is 0 Å². The Kier molecular flexibility index (Phi) is 4.55. The molecular weight excluding hydrogens is 282 g/mol. The Balaban J connectivity index is 1.42. The van der Waals surface area contributed by atoms with Gasteiger partial charge < -0.3 is 10.1 Å². The average molecular weight is 301 g/mol. The summed E-state index contributed by atoms with van der Waals surface area (Å²) in [6.07, 6.45) is 2.36. The van der Waals surface area contributed by atoms with Crippen molar-refractivity contribution in [3.05, 3.63) is 52.2 Å². The number of para-hydroxylation sites is 1. The van der Waals surface area contributed by atoms with Crippen molar-refractivity contribution in [1.29, 1.82) is 0 Å². The Morgan fingerprint density at radius 1 is 1.29 bits per heavy atom. The molecule has 0 radical (unpaired) electrons. The van der Waals surface area contributed by atoms with Crippen LogP contribution < -0.4 is 10.1 Å². The minimum atomic E-state index is 0.127. The summed E-state index contributed by atoms with van der Waals surface area (Å²) < 4.78 is 5.74. The minimum Gasteiger partial charge on any atom is -0.493 e. The summed E-state index contributed by atoms with van der Waals surface area (Å²) in [6.45, 7) is 1.37. The summed E-state index contributed by atoms with van der Waals surface area (Å²) in [6, 6.07) is 12.2. The molecule has 0 fully saturated rings. The number of rotatable bonds is 5. The van der Waals surface area contributed by atoms with Gasteiger partial charge in [-0.15, -0.1) is 11.3 Å². The van der Waals surface area contributed by atoms with E-state index in [0.717, 1.165) is 18.6 Å². The lowest BCUT2D eigenvalue weighted by molar-refractivity contribution is -0.121. The molecule has 1 aromatic heterocycles. The molecule has 110 valence electrons. The second-order valence-corrected chi connectivity index (χ2v) is 6.40. The van der Waals surface area contributed by atoms with Crippen LogP contribution in [0.25, 0.3) is 0 Å². The summed E-state index contributed by atoms with van der Waals surface area (Å²) in [5, 5.41) is 5.08. The zero-order chi connectivity index (χ0) is 14.5. The fourth-order valence-electron chi connectivity index (χ4n) is 2.56. The van der Waals surface area contributed by atoms with E-state index in [1.165, 1.54) is 10.4 Å². The normalized spacial score (nSPS) is 16.9. The molecule has 1 aromatic carbocycles. The van der Waals surface area contributed by atoms with Gasteiger partial charge in [-0.1, -0.05) is 24.3 Å². The van der Waals surface area contributed by atoms with Gasteiger partial charge in [0.25, 0.3) is 0 Å². The van der Waals surface area contributed by atoms with E-state index in [-0.39, 0.29) is 5.91 Å². The molecule has 0 saturated heterocycles. The number of aryl methyl sites for hydroxylation is 1. The number of ether oxygens (including phenoxy) is 1. The summed E-state index contributed by atoms with van der Waals surface area (Å²) in [4.78, 5) is 13.1. The molecule has 1 unspecified atom stereocenters. The van der Waals surface area contributed by atoms with Gasteiger partial charge in [-0.2, -0.15) is 0 Å². The molecule has 2 heterocycles. The maximum absolute atomic E-state index is 11.9. The lowest BCUT2D eigenvalue weighted by Crippen LogP contribution is -2.34. The Hall–Kier alpha value is -1.81. The summed E-state index contributed by atoms with van der Waals surface area (Å²) in [7, 11) is 0. The van der Waals surface area contributed by atoms with Crippen molar-refractivity contribution in [2.45, 2.75) is 19.3 Å². The van der Waals surface area contributed by atoms with Crippen LogP contribution in [0.1, 0.15) is 16.9 Å². The molecule has 1 N–H and O–H groups in total. The van der Waals surface area contributed by atoms with Gasteiger partial charge in [0.2, 0.25) is 5.91 Å². The van der Waals surface area contributed by atoms with Crippen LogP contribution in [0, 0.1) is 5.92 Å². The predicted octanol–water partition coefficient (Wildman–Crippen LogP) is 3.05. The van der Waals surface area contributed by atoms with Gasteiger partial charge in [0.15, 0.2) is 0 Å². The molecular formula is C17H19NO2S. The van der Waals surface area contributed by atoms with Crippen molar-refractivity contribution >= 4 is 17.2 Å². The third kappa shape index (κ3) is 3.85. The number of carbonyl (C=O) groups excluding carboxylic acids is 1. The van der Waals surface area contributed by atoms with Gasteiger partial charge in [0, 0.05) is 23.8 Å². The molecule has 1 amide bonds. The van der Waals surface area contributed by atoms with Gasteiger partial charge in [-0.25, -0.2) is 0 Å². The van der Waals surface area contributed by atoms with Crippen molar-refractivity contribution in [2.75, 3.05) is 13.2 Å². The number of hydrogen-bond acceptors (Lipinski definition) is 3. The van der Waals surface area contributed by atoms with E-state index in [0.29, 0.717) is 25.5 Å². The first-order valence-electron chi connectivity index (χ1n) is 7.31. The Bertz CT molecular complexity index is 595. The monoisotopic (exact) mass is 301 g/mol. The molecule has 1 aliphatic rings. The Morgan fingerprint density at radius 3 is 3.05 bits per heavy atom. The number of hydrogen-bond donors (Lipinski definition) is 1. The summed E-state index contributed by atoms with van der Waals surface area (Å²) in [5.41, 5.74) is 1.24. The highest BCUT2D eigenvalue weighted by Gasteiger charge is 2.19. The van der Waals surface area contributed by atoms with Crippen molar-refractivity contribution in [3.8, 4) is 5.75 Å². The van der Waals surface area contributed by atoms with Crippen LogP contribution in [0.4, 0.5) is 0 Å². The highest BCUT2D eigenvalue weighted by Crippen LogP contribution is 2.26. The molecule has 4 heteroatoms. The third-order valence-electron chi connectivity index (χ3n) is 3.72. The summed E-state index contributed by atoms with van der Waals surface area (Å²) >= 11 is 1.70. The minimum absolute atomic E-state index is 0.127. The lowest BCUT2D eigenvalue weighted by Gasteiger charge is -2.25. The largest absolute Gasteiger partial charge is 0.493 e. The van der Waals surface area contributed by atoms with Crippen LogP contribution in [0.5, 0.6) is 5.75 Å². The molecule has 2 aromatic rings. The van der Waals surface area contributed by atoms with E-state index in [4.69, 9.17) is 4.74 Å². The molecule has 0 saturated carbocycles. The molecule has 0 spiro atoms. The van der Waals surface area contributed by atoms with Gasteiger partial charge >= 0.3 is 0 Å². The molecule has 21 heavy (non-hydrogen) atoms. The van der Waals surface area contributed by atoms with Gasteiger partial charge in [0.05, 0.1) is 6.61 Å². The third-order valence-corrected chi connectivity index (χ3v) is 4.66. The predicted molar refractivity (Wildman–Crippen MR) is 84.8 cm³/mol. The van der Waals surface area contributed by atoms with Crippen LogP contribution in [0.2, 0.25) is 0 Å². The Labute approximate surface area is 129 Å². The number of benzene rings is 1. The number of carbonyl (C=O) groups is 1. The van der Waals surface area contributed by atoms with Crippen LogP contribution in [0.3, 0.4) is 0 Å². The maximum Gasteiger partial charge on any atom is 0.220 e. The topological polar surface area (TPSA) is 38.3 Å². The second kappa shape index (κ2) is 6.76. The Morgan fingerprint density at radius 2 is 2.19 bits per heavy atom.